The Morgan fingerprint density at radius 1 is 1.00 bits per heavy atom. The third-order valence-electron chi connectivity index (χ3n) is 5.01. The number of nitrogens with zero attached hydrogens (tertiary/aromatic N) is 5. The van der Waals surface area contributed by atoms with Crippen LogP contribution in [-0.4, -0.2) is 48.2 Å². The molecule has 10 nitrogen and oxygen atoms in total. The maximum atomic E-state index is 12.8. The number of hydrogen-bond acceptors (Lipinski definition) is 7. The van der Waals surface area contributed by atoms with Crippen molar-refractivity contribution in [2.45, 2.75) is 11.8 Å². The fraction of sp³-hybridized carbons (Fsp3) is 0.130. The Labute approximate surface area is 196 Å². The topological polar surface area (TPSA) is 119 Å². The van der Waals surface area contributed by atoms with Crippen LogP contribution in [0.25, 0.3) is 5.69 Å². The highest BCUT2D eigenvalue weighted by atomic mass is 32.2. The Morgan fingerprint density at radius 3 is 2.29 bits per heavy atom. The number of anilines is 2. The normalized spacial score (nSPS) is 11.1. The molecule has 174 valence electrons. The Hall–Kier alpha value is -4.25. The molecule has 0 atom stereocenters. The number of rotatable bonds is 8. The van der Waals surface area contributed by atoms with Gasteiger partial charge in [-0.3, -0.25) is 9.10 Å². The van der Waals surface area contributed by atoms with Gasteiger partial charge in [-0.1, -0.05) is 17.7 Å². The van der Waals surface area contributed by atoms with Gasteiger partial charge >= 0.3 is 0 Å². The Balaban J connectivity index is 1.32. The molecule has 0 saturated carbocycles. The van der Waals surface area contributed by atoms with Crippen LogP contribution in [0, 0.1) is 6.92 Å². The third-order valence-corrected chi connectivity index (χ3v) is 6.81. The van der Waals surface area contributed by atoms with Gasteiger partial charge in [-0.2, -0.15) is 0 Å². The number of carbonyl (C=O) groups is 1. The Morgan fingerprint density at radius 2 is 1.68 bits per heavy atom. The molecule has 1 aromatic heterocycles. The smallest absolute Gasteiger partial charge is 0.264 e. The molecule has 0 unspecified atom stereocenters. The summed E-state index contributed by atoms with van der Waals surface area (Å²) in [4.78, 5) is 12.4. The fourth-order valence-corrected chi connectivity index (χ4v) is 4.28. The second-order valence-electron chi connectivity index (χ2n) is 7.42. The number of carbonyl (C=O) groups excluding carboxylic acids is 1. The van der Waals surface area contributed by atoms with Crippen LogP contribution in [0.5, 0.6) is 5.75 Å². The van der Waals surface area contributed by atoms with Gasteiger partial charge in [0, 0.05) is 12.7 Å². The predicted octanol–water partition coefficient (Wildman–Crippen LogP) is 2.81. The van der Waals surface area contributed by atoms with Gasteiger partial charge in [0.05, 0.1) is 16.3 Å². The molecule has 1 heterocycles. The van der Waals surface area contributed by atoms with Crippen molar-refractivity contribution in [3.63, 3.8) is 0 Å². The zero-order valence-corrected chi connectivity index (χ0v) is 19.3. The first kappa shape index (κ1) is 22.9. The molecule has 34 heavy (non-hydrogen) atoms. The minimum absolute atomic E-state index is 0.203. The molecule has 0 aliphatic rings. The lowest BCUT2D eigenvalue weighted by Crippen LogP contribution is -2.26. The summed E-state index contributed by atoms with van der Waals surface area (Å²) in [5.74, 6) is 0.104. The van der Waals surface area contributed by atoms with Gasteiger partial charge in [-0.25, -0.2) is 13.1 Å². The second-order valence-corrected chi connectivity index (χ2v) is 9.39. The first-order valence-corrected chi connectivity index (χ1v) is 11.7. The van der Waals surface area contributed by atoms with Gasteiger partial charge in [0.25, 0.3) is 15.9 Å². The molecule has 0 saturated heterocycles. The van der Waals surface area contributed by atoms with Crippen LogP contribution in [0.1, 0.15) is 5.56 Å². The number of aromatic nitrogens is 4. The fourth-order valence-electron chi connectivity index (χ4n) is 3.08. The summed E-state index contributed by atoms with van der Waals surface area (Å²) in [6.07, 6.45) is 1.47. The summed E-state index contributed by atoms with van der Waals surface area (Å²) in [7, 11) is -2.19. The molecular weight excluding hydrogens is 456 g/mol. The van der Waals surface area contributed by atoms with Gasteiger partial charge < -0.3 is 10.1 Å². The molecule has 0 bridgehead atoms. The quantitative estimate of drug-likeness (QED) is 0.414. The van der Waals surface area contributed by atoms with Gasteiger partial charge in [-0.05, 0) is 78.0 Å². The van der Waals surface area contributed by atoms with E-state index in [1.54, 1.807) is 72.8 Å². The molecule has 4 rings (SSSR count). The molecule has 1 amide bonds. The predicted molar refractivity (Wildman–Crippen MR) is 126 cm³/mol. The van der Waals surface area contributed by atoms with Crippen molar-refractivity contribution in [1.29, 1.82) is 0 Å². The number of benzene rings is 3. The molecule has 0 fully saturated rings. The summed E-state index contributed by atoms with van der Waals surface area (Å²) in [5.41, 5.74) is 2.81. The number of hydrogen-bond donors (Lipinski definition) is 1. The van der Waals surface area contributed by atoms with E-state index in [4.69, 9.17) is 4.74 Å². The highest BCUT2D eigenvalue weighted by molar-refractivity contribution is 7.92. The number of aryl methyl sites for hydroxylation is 1. The van der Waals surface area contributed by atoms with Crippen LogP contribution >= 0.6 is 0 Å². The molecule has 11 heteroatoms. The van der Waals surface area contributed by atoms with Crippen LogP contribution in [0.2, 0.25) is 0 Å². The van der Waals surface area contributed by atoms with Crippen LogP contribution in [0.15, 0.2) is 84.0 Å². The molecule has 0 aliphatic heterocycles. The van der Waals surface area contributed by atoms with Crippen molar-refractivity contribution in [2.24, 2.45) is 0 Å². The van der Waals surface area contributed by atoms with Crippen molar-refractivity contribution in [1.82, 2.24) is 20.2 Å². The number of amides is 1. The molecule has 3 aromatic carbocycles. The van der Waals surface area contributed by atoms with E-state index in [-0.39, 0.29) is 17.4 Å². The lowest BCUT2D eigenvalue weighted by atomic mass is 10.2. The van der Waals surface area contributed by atoms with E-state index in [0.29, 0.717) is 17.1 Å². The van der Waals surface area contributed by atoms with Crippen LogP contribution in [0.3, 0.4) is 0 Å². The van der Waals surface area contributed by atoms with E-state index >= 15 is 0 Å². The summed E-state index contributed by atoms with van der Waals surface area (Å²) in [5, 5.41) is 13.7. The number of nitrogens with one attached hydrogen (secondary N) is 1. The maximum absolute atomic E-state index is 12.8. The minimum atomic E-state index is -3.68. The molecule has 0 spiro atoms. The van der Waals surface area contributed by atoms with Crippen LogP contribution < -0.4 is 14.4 Å². The van der Waals surface area contributed by atoms with Gasteiger partial charge in [-0.15, -0.1) is 5.10 Å². The Bertz CT molecular complexity index is 1350. The maximum Gasteiger partial charge on any atom is 0.264 e. The number of ether oxygens (including phenoxy) is 1. The first-order chi connectivity index (χ1) is 16.3. The van der Waals surface area contributed by atoms with E-state index in [9.17, 15) is 13.2 Å². The van der Waals surface area contributed by atoms with E-state index < -0.39 is 10.0 Å². The lowest BCUT2D eigenvalue weighted by molar-refractivity contribution is -0.118. The standard InChI is InChI=1S/C23H22N6O4S/c1-17-3-13-22(14-4-17)34(31,32)28(2)19-9-11-21(12-10-19)33-15-23(30)25-18-5-7-20(8-6-18)29-16-24-26-27-29/h3-14,16H,15H2,1-2H3,(H,25,30). The average Bonchev–Trinajstić information content (AvgIpc) is 3.38. The molecular formula is C23H22N6O4S. The zero-order valence-electron chi connectivity index (χ0n) is 18.5. The zero-order chi connectivity index (χ0) is 24.1. The molecule has 0 aliphatic carbocycles. The molecule has 4 aromatic rings. The summed E-state index contributed by atoms with van der Waals surface area (Å²) < 4.78 is 33.9. The van der Waals surface area contributed by atoms with E-state index in [0.717, 1.165) is 11.3 Å². The third kappa shape index (κ3) is 5.21. The Kier molecular flexibility index (Phi) is 6.55. The van der Waals surface area contributed by atoms with E-state index in [1.165, 1.54) is 22.4 Å². The highest BCUT2D eigenvalue weighted by Crippen LogP contribution is 2.24. The largest absolute Gasteiger partial charge is 0.484 e. The minimum Gasteiger partial charge on any atom is -0.484 e. The van der Waals surface area contributed by atoms with Crippen molar-refractivity contribution < 1.29 is 17.9 Å². The van der Waals surface area contributed by atoms with E-state index in [1.807, 2.05) is 6.92 Å². The highest BCUT2D eigenvalue weighted by Gasteiger charge is 2.21. The summed E-state index contributed by atoms with van der Waals surface area (Å²) in [6.45, 7) is 1.69. The van der Waals surface area contributed by atoms with Crippen molar-refractivity contribution in [2.75, 3.05) is 23.3 Å². The van der Waals surface area contributed by atoms with Gasteiger partial charge in [0.15, 0.2) is 6.61 Å². The monoisotopic (exact) mass is 478 g/mol. The summed E-state index contributed by atoms with van der Waals surface area (Å²) >= 11 is 0. The summed E-state index contributed by atoms with van der Waals surface area (Å²) in [6, 6.07) is 20.1. The van der Waals surface area contributed by atoms with Crippen molar-refractivity contribution >= 4 is 27.3 Å². The first-order valence-electron chi connectivity index (χ1n) is 10.2. The lowest BCUT2D eigenvalue weighted by Gasteiger charge is -2.20. The van der Waals surface area contributed by atoms with Crippen LogP contribution in [0.4, 0.5) is 11.4 Å². The SMILES string of the molecule is Cc1ccc(S(=O)(=O)N(C)c2ccc(OCC(=O)Nc3ccc(-n4cnnn4)cc3)cc2)cc1. The average molecular weight is 479 g/mol. The van der Waals surface area contributed by atoms with Gasteiger partial charge in [0.1, 0.15) is 12.1 Å². The van der Waals surface area contributed by atoms with Crippen molar-refractivity contribution in [3.8, 4) is 11.4 Å². The number of sulfonamides is 1. The van der Waals surface area contributed by atoms with Crippen LogP contribution in [-0.2, 0) is 14.8 Å². The second kappa shape index (κ2) is 9.71. The molecule has 1 N–H and O–H groups in total. The number of tetrazole rings is 1. The van der Waals surface area contributed by atoms with Crippen molar-refractivity contribution in [3.05, 3.63) is 84.7 Å². The molecule has 0 radical (unpaired) electrons. The van der Waals surface area contributed by atoms with E-state index in [2.05, 4.69) is 20.8 Å². The van der Waals surface area contributed by atoms with Gasteiger partial charge in [0.2, 0.25) is 0 Å².